The Morgan fingerprint density at radius 2 is 1.62 bits per heavy atom. The number of alkyl halides is 1. The lowest BCUT2D eigenvalue weighted by Gasteiger charge is -2.38. The van der Waals surface area contributed by atoms with Crippen molar-refractivity contribution in [2.75, 3.05) is 0 Å². The van der Waals surface area contributed by atoms with Crippen molar-refractivity contribution in [3.8, 4) is 0 Å². The summed E-state index contributed by atoms with van der Waals surface area (Å²) in [6, 6.07) is 21.1. The van der Waals surface area contributed by atoms with Gasteiger partial charge >= 0.3 is 5.97 Å². The minimum absolute atomic E-state index is 0.329. The number of rotatable bonds is 4. The van der Waals surface area contributed by atoms with E-state index in [1.54, 1.807) is 10.9 Å². The van der Waals surface area contributed by atoms with E-state index in [0.717, 1.165) is 11.1 Å². The van der Waals surface area contributed by atoms with Crippen LogP contribution in [0, 0.1) is 0 Å². The number of benzene rings is 2. The maximum atomic E-state index is 13.3. The topological polar surface area (TPSA) is 44.1 Å². The molecular weight excluding hydrogens is 348 g/mol. The molecule has 0 amide bonds. The molecule has 0 radical (unpaired) electrons. The van der Waals surface area contributed by atoms with Crippen molar-refractivity contribution >= 4 is 17.6 Å². The summed E-state index contributed by atoms with van der Waals surface area (Å²) < 4.78 is 7.58. The van der Waals surface area contributed by atoms with Gasteiger partial charge in [-0.1, -0.05) is 60.7 Å². The molecule has 132 valence electrons. The van der Waals surface area contributed by atoms with E-state index in [1.807, 2.05) is 79.9 Å². The Bertz CT molecular complexity index is 853. The molecule has 4 nitrogen and oxygen atoms in total. The molecule has 0 N–H and O–H groups in total. The molecular formula is C21H19ClN2O2. The smallest absolute Gasteiger partial charge is 0.323 e. The first-order valence-electron chi connectivity index (χ1n) is 8.55. The molecule has 26 heavy (non-hydrogen) atoms. The van der Waals surface area contributed by atoms with Gasteiger partial charge in [-0.3, -0.25) is 9.48 Å². The van der Waals surface area contributed by atoms with Gasteiger partial charge in [0, 0.05) is 12.4 Å². The van der Waals surface area contributed by atoms with E-state index in [2.05, 4.69) is 5.10 Å². The van der Waals surface area contributed by atoms with Gasteiger partial charge in [0.25, 0.3) is 0 Å². The van der Waals surface area contributed by atoms with E-state index < -0.39 is 16.4 Å². The second-order valence-corrected chi connectivity index (χ2v) is 7.46. The highest BCUT2D eigenvalue weighted by Gasteiger charge is 2.66. The van der Waals surface area contributed by atoms with E-state index >= 15 is 0 Å². The van der Waals surface area contributed by atoms with Gasteiger partial charge in [0.2, 0.25) is 0 Å². The largest absolute Gasteiger partial charge is 0.457 e. The number of aromatic nitrogens is 2. The fourth-order valence-corrected chi connectivity index (χ4v) is 4.31. The van der Waals surface area contributed by atoms with Gasteiger partial charge in [-0.05, 0) is 24.1 Å². The fraction of sp³-hybridized carbons (Fsp3) is 0.238. The van der Waals surface area contributed by atoms with Gasteiger partial charge < -0.3 is 4.74 Å². The predicted molar refractivity (Wildman–Crippen MR) is 100 cm³/mol. The van der Waals surface area contributed by atoms with Crippen LogP contribution in [0.25, 0.3) is 0 Å². The summed E-state index contributed by atoms with van der Waals surface area (Å²) in [5.74, 6) is -0.329. The van der Waals surface area contributed by atoms with Gasteiger partial charge in [0.15, 0.2) is 0 Å². The molecule has 0 bridgehead atoms. The second kappa shape index (κ2) is 6.29. The minimum atomic E-state index is -1.09. The van der Waals surface area contributed by atoms with Crippen molar-refractivity contribution in [1.82, 2.24) is 9.78 Å². The Balaban J connectivity index is 1.89. The molecule has 2 heterocycles. The number of hydrogen-bond donors (Lipinski definition) is 0. The van der Waals surface area contributed by atoms with Crippen LogP contribution in [-0.2, 0) is 21.5 Å². The maximum absolute atomic E-state index is 13.3. The zero-order chi connectivity index (χ0) is 18.2. The zero-order valence-electron chi connectivity index (χ0n) is 14.4. The first-order valence-corrected chi connectivity index (χ1v) is 8.93. The third kappa shape index (κ3) is 2.36. The highest BCUT2D eigenvalue weighted by Crippen LogP contribution is 2.53. The molecule has 1 saturated heterocycles. The molecule has 2 aromatic carbocycles. The van der Waals surface area contributed by atoms with E-state index in [1.165, 1.54) is 0 Å². The molecule has 0 saturated carbocycles. The van der Waals surface area contributed by atoms with Gasteiger partial charge in [-0.25, -0.2) is 0 Å². The lowest BCUT2D eigenvalue weighted by atomic mass is 9.65. The SMILES string of the molecule is CC1(Cl)C(Cn2cccn2)OC(=O)C1(c1ccccc1)c1ccccc1. The summed E-state index contributed by atoms with van der Waals surface area (Å²) >= 11 is 7.15. The molecule has 1 aromatic heterocycles. The highest BCUT2D eigenvalue weighted by molar-refractivity contribution is 6.29. The Morgan fingerprint density at radius 3 is 2.12 bits per heavy atom. The monoisotopic (exact) mass is 366 g/mol. The fourth-order valence-electron chi connectivity index (χ4n) is 3.90. The molecule has 5 heteroatoms. The summed E-state index contributed by atoms with van der Waals surface area (Å²) in [4.78, 5) is 12.3. The molecule has 1 aliphatic heterocycles. The Labute approximate surface area is 157 Å². The van der Waals surface area contributed by atoms with Crippen molar-refractivity contribution in [3.63, 3.8) is 0 Å². The third-order valence-electron chi connectivity index (χ3n) is 5.22. The number of carbonyl (C=O) groups excluding carboxylic acids is 1. The molecule has 2 atom stereocenters. The van der Waals surface area contributed by atoms with Crippen LogP contribution in [0.2, 0.25) is 0 Å². The normalized spacial score (nSPS) is 24.4. The van der Waals surface area contributed by atoms with Crippen LogP contribution >= 0.6 is 11.6 Å². The van der Waals surface area contributed by atoms with Crippen LogP contribution in [-0.4, -0.2) is 26.7 Å². The molecule has 3 aromatic rings. The van der Waals surface area contributed by atoms with Crippen LogP contribution in [0.3, 0.4) is 0 Å². The number of carbonyl (C=O) groups is 1. The van der Waals surface area contributed by atoms with Gasteiger partial charge in [-0.2, -0.15) is 5.10 Å². The highest BCUT2D eigenvalue weighted by atomic mass is 35.5. The first kappa shape index (κ1) is 16.9. The van der Waals surface area contributed by atoms with E-state index in [4.69, 9.17) is 16.3 Å². The number of halogens is 1. The van der Waals surface area contributed by atoms with E-state index in [9.17, 15) is 4.79 Å². The average molecular weight is 367 g/mol. The second-order valence-electron chi connectivity index (χ2n) is 6.68. The van der Waals surface area contributed by atoms with Crippen LogP contribution in [0.1, 0.15) is 18.1 Å². The summed E-state index contributed by atoms with van der Waals surface area (Å²) in [5, 5.41) is 4.23. The van der Waals surface area contributed by atoms with Crippen molar-refractivity contribution in [1.29, 1.82) is 0 Å². The van der Waals surface area contributed by atoms with E-state index in [0.29, 0.717) is 6.54 Å². The molecule has 0 spiro atoms. The Morgan fingerprint density at radius 1 is 1.04 bits per heavy atom. The van der Waals surface area contributed by atoms with Crippen molar-refractivity contribution in [3.05, 3.63) is 90.3 Å². The molecule has 4 rings (SSSR count). The number of nitrogens with zero attached hydrogens (tertiary/aromatic N) is 2. The molecule has 0 aliphatic carbocycles. The first-order chi connectivity index (χ1) is 12.6. The quantitative estimate of drug-likeness (QED) is 0.521. The summed E-state index contributed by atoms with van der Waals surface area (Å²) in [6.07, 6.45) is 3.02. The van der Waals surface area contributed by atoms with Crippen LogP contribution in [0.15, 0.2) is 79.1 Å². The zero-order valence-corrected chi connectivity index (χ0v) is 15.1. The predicted octanol–water partition coefficient (Wildman–Crippen LogP) is 3.79. The number of hydrogen-bond acceptors (Lipinski definition) is 3. The molecule has 1 aliphatic rings. The number of cyclic esters (lactones) is 1. The number of esters is 1. The van der Waals surface area contributed by atoms with Gasteiger partial charge in [0.1, 0.15) is 16.4 Å². The maximum Gasteiger partial charge on any atom is 0.323 e. The molecule has 1 fully saturated rings. The Hall–Kier alpha value is -2.59. The van der Waals surface area contributed by atoms with Crippen LogP contribution in [0.5, 0.6) is 0 Å². The van der Waals surface area contributed by atoms with E-state index in [-0.39, 0.29) is 5.97 Å². The summed E-state index contributed by atoms with van der Waals surface area (Å²) in [5.41, 5.74) is 0.572. The summed E-state index contributed by atoms with van der Waals surface area (Å²) in [6.45, 7) is 2.29. The van der Waals surface area contributed by atoms with Crippen molar-refractivity contribution < 1.29 is 9.53 Å². The lowest BCUT2D eigenvalue weighted by Crippen LogP contribution is -2.51. The Kier molecular flexibility index (Phi) is 4.08. The average Bonchev–Trinajstić information content (AvgIpc) is 3.22. The van der Waals surface area contributed by atoms with Crippen LogP contribution < -0.4 is 0 Å². The minimum Gasteiger partial charge on any atom is -0.457 e. The summed E-state index contributed by atoms with van der Waals surface area (Å²) in [7, 11) is 0. The van der Waals surface area contributed by atoms with Gasteiger partial charge in [0.05, 0.1) is 6.54 Å². The lowest BCUT2D eigenvalue weighted by molar-refractivity contribution is -0.145. The van der Waals surface area contributed by atoms with Crippen molar-refractivity contribution in [2.45, 2.75) is 29.9 Å². The van der Waals surface area contributed by atoms with Gasteiger partial charge in [-0.15, -0.1) is 11.6 Å². The standard InChI is InChI=1S/C21H19ClN2O2/c1-20(22)18(15-24-14-8-13-23-24)26-19(25)21(20,16-9-4-2-5-10-16)17-11-6-3-7-12-17/h2-14,18H,15H2,1H3. The third-order valence-corrected chi connectivity index (χ3v) is 5.75. The number of ether oxygens (including phenoxy) is 1. The van der Waals surface area contributed by atoms with Crippen molar-refractivity contribution in [2.24, 2.45) is 0 Å². The van der Waals surface area contributed by atoms with Crippen LogP contribution in [0.4, 0.5) is 0 Å². The molecule has 2 unspecified atom stereocenters.